The van der Waals surface area contributed by atoms with E-state index in [2.05, 4.69) is 27.3 Å². The third-order valence-corrected chi connectivity index (χ3v) is 8.55. The second kappa shape index (κ2) is 11.1. The van der Waals surface area contributed by atoms with Crippen LogP contribution in [0, 0.1) is 17.6 Å². The molecule has 3 aromatic heterocycles. The van der Waals surface area contributed by atoms with E-state index in [0.717, 1.165) is 24.1 Å². The molecule has 1 saturated heterocycles. The van der Waals surface area contributed by atoms with E-state index in [0.29, 0.717) is 23.6 Å². The molecule has 1 saturated carbocycles. The Morgan fingerprint density at radius 1 is 1.19 bits per heavy atom. The van der Waals surface area contributed by atoms with Gasteiger partial charge in [-0.25, -0.2) is 22.9 Å². The molecule has 4 atom stereocenters. The van der Waals surface area contributed by atoms with E-state index in [4.69, 9.17) is 15.2 Å². The van der Waals surface area contributed by atoms with E-state index in [1.807, 2.05) is 6.07 Å². The number of carbonyl (C=O) groups excluding carboxylic acids is 1. The lowest BCUT2D eigenvalue weighted by Crippen LogP contribution is -2.55. The molecule has 2 fully saturated rings. The van der Waals surface area contributed by atoms with E-state index in [1.54, 1.807) is 36.6 Å². The van der Waals surface area contributed by atoms with Crippen molar-refractivity contribution in [2.24, 2.45) is 11.7 Å². The number of hydrogen-bond donors (Lipinski definition) is 2. The van der Waals surface area contributed by atoms with Gasteiger partial charge >= 0.3 is 6.09 Å². The summed E-state index contributed by atoms with van der Waals surface area (Å²) in [7, 11) is 3.05. The smallest absolute Gasteiger partial charge is 0.409 e. The highest BCUT2D eigenvalue weighted by Crippen LogP contribution is 2.41. The van der Waals surface area contributed by atoms with Crippen molar-refractivity contribution in [1.29, 1.82) is 0 Å². The highest BCUT2D eigenvalue weighted by atomic mass is 19.1. The lowest BCUT2D eigenvalue weighted by molar-refractivity contribution is -0.135. The molecule has 1 aliphatic heterocycles. The fraction of sp³-hybridized carbons (Fsp3) is 0.400. The van der Waals surface area contributed by atoms with Crippen LogP contribution in [-0.4, -0.2) is 70.0 Å². The lowest BCUT2D eigenvalue weighted by atomic mass is 9.73. The average molecular weight is 596 g/mol. The van der Waals surface area contributed by atoms with Crippen LogP contribution in [0.4, 0.5) is 29.6 Å². The third-order valence-electron chi connectivity index (χ3n) is 8.55. The summed E-state index contributed by atoms with van der Waals surface area (Å²) in [5.74, 6) is -1.37. The summed E-state index contributed by atoms with van der Waals surface area (Å²) in [6.45, 7) is 1.58. The summed E-state index contributed by atoms with van der Waals surface area (Å²) < 4.78 is 56.3. The third kappa shape index (κ3) is 5.16. The van der Waals surface area contributed by atoms with Crippen molar-refractivity contribution >= 4 is 23.2 Å². The summed E-state index contributed by atoms with van der Waals surface area (Å²) in [5, 5.41) is 7.76. The van der Waals surface area contributed by atoms with Crippen molar-refractivity contribution in [2.45, 2.75) is 43.4 Å². The lowest BCUT2D eigenvalue weighted by Gasteiger charge is -2.43. The van der Waals surface area contributed by atoms with Gasteiger partial charge in [0.15, 0.2) is 5.67 Å². The number of alkyl halides is 1. The molecular weight excluding hydrogens is 563 g/mol. The number of halogens is 3. The van der Waals surface area contributed by atoms with Crippen LogP contribution in [-0.2, 0) is 15.1 Å². The minimum Gasteiger partial charge on any atom is -0.453 e. The molecule has 13 heteroatoms. The Morgan fingerprint density at radius 2 is 1.93 bits per heavy atom. The highest BCUT2D eigenvalue weighted by Gasteiger charge is 2.42. The quantitative estimate of drug-likeness (QED) is 0.323. The van der Waals surface area contributed by atoms with E-state index < -0.39 is 23.4 Å². The molecule has 3 N–H and O–H groups in total. The molecule has 4 aromatic rings. The van der Waals surface area contributed by atoms with Crippen molar-refractivity contribution in [1.82, 2.24) is 24.5 Å². The molecule has 4 unspecified atom stereocenters. The predicted molar refractivity (Wildman–Crippen MR) is 153 cm³/mol. The highest BCUT2D eigenvalue weighted by molar-refractivity contribution is 5.68. The minimum atomic E-state index is -1.90. The van der Waals surface area contributed by atoms with Crippen molar-refractivity contribution in [3.63, 3.8) is 0 Å². The molecule has 0 bridgehead atoms. The van der Waals surface area contributed by atoms with E-state index in [-0.39, 0.29) is 54.0 Å². The second-order valence-electron chi connectivity index (χ2n) is 11.4. The molecule has 1 aromatic carbocycles. The maximum Gasteiger partial charge on any atom is 0.409 e. The average Bonchev–Trinajstić information content (AvgIpc) is 3.36. The molecular formula is C30H32F3N7O3. The topological polar surface area (TPSA) is 120 Å². The Kier molecular flexibility index (Phi) is 7.46. The SMILES string of the molecule is COC(=O)N(C)C1C(C)CC(c2ccncc2Nc2ncc3ccc(-c4c(F)cc(C5(F)COC5)cc4F)nn23)CC1N. The van der Waals surface area contributed by atoms with E-state index in [9.17, 15) is 9.18 Å². The van der Waals surface area contributed by atoms with Gasteiger partial charge < -0.3 is 25.4 Å². The van der Waals surface area contributed by atoms with Gasteiger partial charge in [0.2, 0.25) is 5.95 Å². The Morgan fingerprint density at radius 3 is 2.58 bits per heavy atom. The summed E-state index contributed by atoms with van der Waals surface area (Å²) in [5.41, 5.74) is 6.48. The number of hydrogen-bond acceptors (Lipinski definition) is 8. The predicted octanol–water partition coefficient (Wildman–Crippen LogP) is 4.92. The first-order valence-electron chi connectivity index (χ1n) is 14.0. The number of fused-ring (bicyclic) bond motifs is 1. The molecule has 4 heterocycles. The van der Waals surface area contributed by atoms with Crippen LogP contribution < -0.4 is 11.1 Å². The van der Waals surface area contributed by atoms with Gasteiger partial charge in [0, 0.05) is 19.3 Å². The summed E-state index contributed by atoms with van der Waals surface area (Å²) in [6, 6.07) is 6.58. The minimum absolute atomic E-state index is 0.0205. The van der Waals surface area contributed by atoms with Crippen LogP contribution in [0.1, 0.15) is 36.8 Å². The fourth-order valence-electron chi connectivity index (χ4n) is 6.38. The van der Waals surface area contributed by atoms with Gasteiger partial charge in [-0.05, 0) is 66.1 Å². The largest absolute Gasteiger partial charge is 0.453 e. The zero-order chi connectivity index (χ0) is 30.5. The number of benzene rings is 1. The van der Waals surface area contributed by atoms with Gasteiger partial charge in [-0.1, -0.05) is 6.92 Å². The number of likely N-dealkylation sites (N-methyl/N-ethyl adjacent to an activating group) is 1. The first-order chi connectivity index (χ1) is 20.6. The molecule has 43 heavy (non-hydrogen) atoms. The van der Waals surface area contributed by atoms with Crippen molar-refractivity contribution in [2.75, 3.05) is 32.7 Å². The van der Waals surface area contributed by atoms with E-state index in [1.165, 1.54) is 17.7 Å². The van der Waals surface area contributed by atoms with Crippen molar-refractivity contribution in [3.05, 3.63) is 71.7 Å². The van der Waals surface area contributed by atoms with Gasteiger partial charge in [-0.2, -0.15) is 9.61 Å². The molecule has 1 aliphatic carbocycles. The van der Waals surface area contributed by atoms with Gasteiger partial charge in [-0.3, -0.25) is 4.98 Å². The van der Waals surface area contributed by atoms with Gasteiger partial charge in [0.05, 0.1) is 61.2 Å². The first kappa shape index (κ1) is 28.9. The van der Waals surface area contributed by atoms with Crippen molar-refractivity contribution in [3.8, 4) is 11.3 Å². The maximum absolute atomic E-state index is 15.1. The summed E-state index contributed by atoms with van der Waals surface area (Å²) in [4.78, 5) is 22.5. The van der Waals surface area contributed by atoms with Gasteiger partial charge in [0.1, 0.15) is 11.6 Å². The standard InChI is InChI=1S/C30H32F3N7O3/c1-16-8-17(9-23(34)27(16)39(2)29(41)42-3)20-6-7-35-13-25(20)37-28-36-12-19-4-5-24(38-40(19)28)26-21(31)10-18(11-22(26)32)30(33)14-43-15-30/h4-7,10-13,16-17,23,27H,8-9,14-15,34H2,1-3H3,(H,36,37). The molecule has 0 radical (unpaired) electrons. The van der Waals surface area contributed by atoms with Gasteiger partial charge in [-0.15, -0.1) is 0 Å². The molecule has 226 valence electrons. The number of anilines is 2. The zero-order valence-electron chi connectivity index (χ0n) is 23.9. The first-order valence-corrected chi connectivity index (χ1v) is 14.0. The number of imidazole rings is 1. The summed E-state index contributed by atoms with van der Waals surface area (Å²) in [6.07, 6.45) is 5.93. The fourth-order valence-corrected chi connectivity index (χ4v) is 6.38. The molecule has 2 aliphatic rings. The second-order valence-corrected chi connectivity index (χ2v) is 11.4. The van der Waals surface area contributed by atoms with Crippen LogP contribution in [0.5, 0.6) is 0 Å². The van der Waals surface area contributed by atoms with Crippen LogP contribution in [0.15, 0.2) is 48.9 Å². The normalized spacial score (nSPS) is 23.0. The number of methoxy groups -OCH3 is 1. The molecule has 1 amide bonds. The number of carbonyl (C=O) groups is 1. The van der Waals surface area contributed by atoms with Crippen LogP contribution in [0.2, 0.25) is 0 Å². The Hall–Kier alpha value is -4.23. The molecule has 0 spiro atoms. The molecule has 10 nitrogen and oxygen atoms in total. The number of ether oxygens (including phenoxy) is 2. The van der Waals surface area contributed by atoms with Crippen LogP contribution >= 0.6 is 0 Å². The number of nitrogens with one attached hydrogen (secondary N) is 1. The molecule has 6 rings (SSSR count). The number of pyridine rings is 1. The van der Waals surface area contributed by atoms with Gasteiger partial charge in [0.25, 0.3) is 0 Å². The monoisotopic (exact) mass is 595 g/mol. The number of aromatic nitrogens is 4. The maximum atomic E-state index is 15.1. The zero-order valence-corrected chi connectivity index (χ0v) is 23.9. The summed E-state index contributed by atoms with van der Waals surface area (Å²) >= 11 is 0. The van der Waals surface area contributed by atoms with Crippen molar-refractivity contribution < 1.29 is 27.4 Å². The van der Waals surface area contributed by atoms with E-state index >= 15 is 8.78 Å². The van der Waals surface area contributed by atoms with Crippen LogP contribution in [0.3, 0.4) is 0 Å². The Balaban J connectivity index is 1.28. The number of nitrogens with zero attached hydrogens (tertiary/aromatic N) is 5. The number of nitrogens with two attached hydrogens (primary N) is 1. The number of amides is 1. The van der Waals surface area contributed by atoms with Crippen LogP contribution in [0.25, 0.3) is 16.8 Å². The number of rotatable bonds is 6. The Labute approximate surface area is 246 Å². The Bertz CT molecular complexity index is 1640.